The van der Waals surface area contributed by atoms with E-state index in [0.717, 1.165) is 31.3 Å². The number of rotatable bonds is 4. The zero-order chi connectivity index (χ0) is 13.4. The van der Waals surface area contributed by atoms with Crippen LogP contribution in [0.15, 0.2) is 35.6 Å². The Labute approximate surface area is 109 Å². The van der Waals surface area contributed by atoms with Crippen LogP contribution in [-0.4, -0.2) is 17.7 Å². The van der Waals surface area contributed by atoms with Crippen LogP contribution in [0.3, 0.4) is 0 Å². The quantitative estimate of drug-likeness (QED) is 0.771. The van der Waals surface area contributed by atoms with Crippen LogP contribution in [-0.2, 0) is 9.53 Å². The maximum Gasteiger partial charge on any atom is 0.306 e. The second kappa shape index (κ2) is 7.75. The summed E-state index contributed by atoms with van der Waals surface area (Å²) in [6.45, 7) is 6.08. The predicted molar refractivity (Wildman–Crippen MR) is 72.3 cm³/mol. The maximum absolute atomic E-state index is 11.3. The first kappa shape index (κ1) is 14.6. The summed E-state index contributed by atoms with van der Waals surface area (Å²) in [6, 6.07) is 0. The molecule has 0 aromatic carbocycles. The number of hydrogen-bond donors (Lipinski definition) is 1. The molecule has 0 aromatic rings. The van der Waals surface area contributed by atoms with Gasteiger partial charge in [0.1, 0.15) is 5.76 Å². The minimum Gasteiger partial charge on any atom is -0.508 e. The number of ether oxygens (including phenoxy) is 1. The molecule has 0 heterocycles. The van der Waals surface area contributed by atoms with Crippen LogP contribution in [0.2, 0.25) is 0 Å². The molecule has 0 amide bonds. The number of esters is 1. The molecule has 3 nitrogen and oxygen atoms in total. The lowest BCUT2D eigenvalue weighted by molar-refractivity contribution is -0.143. The fourth-order valence-corrected chi connectivity index (χ4v) is 1.92. The molecule has 0 atom stereocenters. The second-order valence-electron chi connectivity index (χ2n) is 4.49. The van der Waals surface area contributed by atoms with Crippen LogP contribution in [0, 0.1) is 0 Å². The van der Waals surface area contributed by atoms with Gasteiger partial charge in [-0.1, -0.05) is 18.2 Å². The normalized spacial score (nSPS) is 22.8. The Kier molecular flexibility index (Phi) is 6.26. The van der Waals surface area contributed by atoms with Gasteiger partial charge < -0.3 is 9.84 Å². The van der Waals surface area contributed by atoms with Gasteiger partial charge in [0.25, 0.3) is 0 Å². The van der Waals surface area contributed by atoms with Crippen molar-refractivity contribution in [3.63, 3.8) is 0 Å². The molecule has 0 aliphatic heterocycles. The number of carbonyl (C=O) groups excluding carboxylic acids is 1. The topological polar surface area (TPSA) is 46.5 Å². The van der Waals surface area contributed by atoms with E-state index in [-0.39, 0.29) is 11.7 Å². The summed E-state index contributed by atoms with van der Waals surface area (Å²) in [5, 5.41) is 9.71. The van der Waals surface area contributed by atoms with Crippen molar-refractivity contribution in [1.82, 2.24) is 0 Å². The van der Waals surface area contributed by atoms with Crippen LogP contribution in [0.5, 0.6) is 0 Å². The number of hydrogen-bond acceptors (Lipinski definition) is 3. The fourth-order valence-electron chi connectivity index (χ4n) is 1.92. The molecule has 0 saturated heterocycles. The van der Waals surface area contributed by atoms with Gasteiger partial charge in [0.2, 0.25) is 0 Å². The molecule has 1 aliphatic carbocycles. The van der Waals surface area contributed by atoms with E-state index in [4.69, 9.17) is 4.74 Å². The molecule has 0 spiro atoms. The van der Waals surface area contributed by atoms with Crippen molar-refractivity contribution in [2.24, 2.45) is 0 Å². The summed E-state index contributed by atoms with van der Waals surface area (Å²) in [5.74, 6) is 0.0985. The van der Waals surface area contributed by atoms with Crippen molar-refractivity contribution in [1.29, 1.82) is 0 Å². The van der Waals surface area contributed by atoms with Gasteiger partial charge in [-0.25, -0.2) is 0 Å². The van der Waals surface area contributed by atoms with Gasteiger partial charge in [-0.2, -0.15) is 0 Å². The molecule has 0 saturated carbocycles. The Balaban J connectivity index is 2.56. The average molecular weight is 250 g/mol. The molecule has 18 heavy (non-hydrogen) atoms. The molecule has 0 fully saturated rings. The van der Waals surface area contributed by atoms with E-state index in [1.807, 2.05) is 13.0 Å². The summed E-state index contributed by atoms with van der Waals surface area (Å²) in [6.07, 6.45) is 8.60. The molecule has 0 bridgehead atoms. The first-order valence-corrected chi connectivity index (χ1v) is 6.56. The van der Waals surface area contributed by atoms with Gasteiger partial charge in [-0.3, -0.25) is 4.79 Å². The van der Waals surface area contributed by atoms with Crippen LogP contribution in [0.4, 0.5) is 0 Å². The summed E-state index contributed by atoms with van der Waals surface area (Å²) in [5.41, 5.74) is 1.97. The van der Waals surface area contributed by atoms with E-state index in [9.17, 15) is 9.90 Å². The van der Waals surface area contributed by atoms with Gasteiger partial charge in [0, 0.05) is 6.42 Å². The van der Waals surface area contributed by atoms with E-state index >= 15 is 0 Å². The monoisotopic (exact) mass is 250 g/mol. The molecular weight excluding hydrogens is 228 g/mol. The number of carbonyl (C=O) groups is 1. The first-order valence-electron chi connectivity index (χ1n) is 6.56. The Hall–Kier alpha value is -1.51. The molecular formula is C15H22O3. The van der Waals surface area contributed by atoms with Crippen molar-refractivity contribution >= 4 is 5.97 Å². The van der Waals surface area contributed by atoms with Crippen LogP contribution >= 0.6 is 0 Å². The second-order valence-corrected chi connectivity index (χ2v) is 4.49. The highest BCUT2D eigenvalue weighted by molar-refractivity contribution is 5.69. The third-order valence-corrected chi connectivity index (χ3v) is 3.02. The highest BCUT2D eigenvalue weighted by atomic mass is 16.5. The van der Waals surface area contributed by atoms with E-state index in [1.54, 1.807) is 6.08 Å². The minimum atomic E-state index is -0.157. The molecule has 1 aliphatic rings. The standard InChI is InChI=1S/C15H22O3/c1-3-18-15(17)11-9-13-7-5-4-6-12(2)14(16)10-8-13/h8,10,16H,2-7,9,11H2,1H3/b13-8+,14-10+. The van der Waals surface area contributed by atoms with Gasteiger partial charge in [-0.15, -0.1) is 0 Å². The van der Waals surface area contributed by atoms with Crippen molar-refractivity contribution in [2.75, 3.05) is 6.61 Å². The van der Waals surface area contributed by atoms with Crippen LogP contribution in [0.25, 0.3) is 0 Å². The molecule has 0 unspecified atom stereocenters. The minimum absolute atomic E-state index is 0.157. The summed E-state index contributed by atoms with van der Waals surface area (Å²) >= 11 is 0. The lowest BCUT2D eigenvalue weighted by Crippen LogP contribution is -2.04. The van der Waals surface area contributed by atoms with Gasteiger partial charge >= 0.3 is 5.97 Å². The van der Waals surface area contributed by atoms with E-state index in [1.165, 1.54) is 5.57 Å². The molecule has 100 valence electrons. The average Bonchev–Trinajstić information content (AvgIpc) is 2.42. The van der Waals surface area contributed by atoms with E-state index in [0.29, 0.717) is 19.4 Å². The van der Waals surface area contributed by atoms with Crippen molar-refractivity contribution in [3.05, 3.63) is 35.6 Å². The lowest BCUT2D eigenvalue weighted by atomic mass is 10.0. The van der Waals surface area contributed by atoms with E-state index < -0.39 is 0 Å². The van der Waals surface area contributed by atoms with Gasteiger partial charge in [0.05, 0.1) is 6.61 Å². The largest absolute Gasteiger partial charge is 0.508 e. The van der Waals surface area contributed by atoms with E-state index in [2.05, 4.69) is 6.58 Å². The highest BCUT2D eigenvalue weighted by Crippen LogP contribution is 2.21. The Morgan fingerprint density at radius 2 is 2.11 bits per heavy atom. The van der Waals surface area contributed by atoms with Crippen molar-refractivity contribution < 1.29 is 14.6 Å². The zero-order valence-corrected chi connectivity index (χ0v) is 11.1. The van der Waals surface area contributed by atoms with Crippen molar-refractivity contribution in [3.8, 4) is 0 Å². The lowest BCUT2D eigenvalue weighted by Gasteiger charge is -2.06. The summed E-state index contributed by atoms with van der Waals surface area (Å²) < 4.78 is 4.91. The third-order valence-electron chi connectivity index (χ3n) is 3.02. The Morgan fingerprint density at radius 1 is 1.39 bits per heavy atom. The molecule has 3 heteroatoms. The van der Waals surface area contributed by atoms with Gasteiger partial charge in [0.15, 0.2) is 0 Å². The van der Waals surface area contributed by atoms with Crippen molar-refractivity contribution in [2.45, 2.75) is 45.4 Å². The predicted octanol–water partition coefficient (Wildman–Crippen LogP) is 3.83. The third kappa shape index (κ3) is 5.21. The number of allylic oxidation sites excluding steroid dienone is 4. The summed E-state index contributed by atoms with van der Waals surface area (Å²) in [4.78, 5) is 11.3. The maximum atomic E-state index is 11.3. The SMILES string of the molecule is C=C1CCCC/C(CCC(=O)OCC)=C\C=C/1O. The smallest absolute Gasteiger partial charge is 0.306 e. The number of aliphatic hydroxyl groups excluding tert-OH is 1. The van der Waals surface area contributed by atoms with Gasteiger partial charge in [-0.05, 0) is 50.7 Å². The fraction of sp³-hybridized carbons (Fsp3) is 0.533. The summed E-state index contributed by atoms with van der Waals surface area (Å²) in [7, 11) is 0. The Bertz CT molecular complexity index is 364. The van der Waals surface area contributed by atoms with Crippen LogP contribution in [0.1, 0.15) is 45.4 Å². The Morgan fingerprint density at radius 3 is 2.83 bits per heavy atom. The molecule has 1 N–H and O–H groups in total. The number of aliphatic hydroxyl groups is 1. The molecule has 0 radical (unpaired) electrons. The van der Waals surface area contributed by atoms with Crippen LogP contribution < -0.4 is 0 Å². The highest BCUT2D eigenvalue weighted by Gasteiger charge is 2.07. The zero-order valence-electron chi connectivity index (χ0n) is 11.1. The molecule has 0 aromatic heterocycles. The molecule has 1 rings (SSSR count). The first-order chi connectivity index (χ1) is 8.63.